The van der Waals surface area contributed by atoms with Gasteiger partial charge in [-0.1, -0.05) is 42.5 Å². The zero-order valence-electron chi connectivity index (χ0n) is 24.5. The number of esters is 1. The molecule has 2 saturated heterocycles. The van der Waals surface area contributed by atoms with E-state index in [0.717, 1.165) is 64.7 Å². The lowest BCUT2D eigenvalue weighted by Gasteiger charge is -2.44. The maximum Gasteiger partial charge on any atom is 0.338 e. The number of ether oxygens (including phenoxy) is 1. The molecule has 5 rings (SSSR count). The van der Waals surface area contributed by atoms with Crippen LogP contribution in [0.4, 0.5) is 14.9 Å². The summed E-state index contributed by atoms with van der Waals surface area (Å²) < 4.78 is 18.4. The van der Waals surface area contributed by atoms with E-state index < -0.39 is 0 Å². The van der Waals surface area contributed by atoms with Crippen LogP contribution in [0.25, 0.3) is 0 Å². The minimum atomic E-state index is -0.364. The highest BCUT2D eigenvalue weighted by Gasteiger charge is 2.36. The van der Waals surface area contributed by atoms with Gasteiger partial charge in [-0.05, 0) is 118 Å². The van der Waals surface area contributed by atoms with E-state index in [1.165, 1.54) is 11.1 Å². The molecule has 2 fully saturated rings. The summed E-state index contributed by atoms with van der Waals surface area (Å²) >= 11 is 0. The van der Waals surface area contributed by atoms with Crippen LogP contribution in [0.1, 0.15) is 54.1 Å². The Labute approximate surface area is 248 Å². The van der Waals surface area contributed by atoms with E-state index in [9.17, 15) is 14.0 Å². The number of benzene rings is 3. The summed E-state index contributed by atoms with van der Waals surface area (Å²) in [5, 5.41) is 3.08. The molecule has 42 heavy (non-hydrogen) atoms. The number of nitrogens with zero attached hydrogens (tertiary/aromatic N) is 2. The molecule has 2 aliphatic rings. The molecule has 1 N–H and O–H groups in total. The number of rotatable bonds is 9. The number of hydrogen-bond acceptors (Lipinski definition) is 4. The van der Waals surface area contributed by atoms with Crippen molar-refractivity contribution in [3.63, 3.8) is 0 Å². The molecule has 0 radical (unpaired) electrons. The second-order valence-electron chi connectivity index (χ2n) is 11.7. The van der Waals surface area contributed by atoms with Crippen molar-refractivity contribution in [2.24, 2.45) is 11.8 Å². The maximum atomic E-state index is 13.7. The predicted molar refractivity (Wildman–Crippen MR) is 164 cm³/mol. The number of halogens is 1. The number of nitrogens with one attached hydrogen (secondary N) is 1. The standard InChI is InChI=1S/C35H42FN3O3/c1-2-42-34(40)29-12-16-32(17-13-29)37-35(41)39-20-6-9-30(33(39)24-26-7-4-3-5-8-26)25-38-21-18-28(19-22-38)23-27-10-14-31(36)15-11-27/h3-5,7-8,10-17,28,30,33H,2,6,9,18-25H2,1H3,(H,37,41). The molecule has 3 aromatic rings. The largest absolute Gasteiger partial charge is 0.462 e. The zero-order valence-corrected chi connectivity index (χ0v) is 24.5. The van der Waals surface area contributed by atoms with Gasteiger partial charge in [-0.25, -0.2) is 14.0 Å². The van der Waals surface area contributed by atoms with Crippen LogP contribution < -0.4 is 5.32 Å². The van der Waals surface area contributed by atoms with E-state index >= 15 is 0 Å². The van der Waals surface area contributed by atoms with Crippen molar-refractivity contribution in [1.29, 1.82) is 0 Å². The number of hydrogen-bond donors (Lipinski definition) is 1. The van der Waals surface area contributed by atoms with Crippen molar-refractivity contribution < 1.29 is 18.7 Å². The Balaban J connectivity index is 1.23. The Hall–Kier alpha value is -3.71. The summed E-state index contributed by atoms with van der Waals surface area (Å²) in [6.07, 6.45) is 6.18. The van der Waals surface area contributed by atoms with Gasteiger partial charge in [0.25, 0.3) is 0 Å². The fourth-order valence-corrected chi connectivity index (χ4v) is 6.49. The van der Waals surface area contributed by atoms with Gasteiger partial charge in [0.2, 0.25) is 0 Å². The van der Waals surface area contributed by atoms with E-state index in [0.29, 0.717) is 29.7 Å². The molecule has 3 aromatic carbocycles. The first-order valence-corrected chi connectivity index (χ1v) is 15.3. The van der Waals surface area contributed by atoms with Crippen LogP contribution >= 0.6 is 0 Å². The van der Waals surface area contributed by atoms with Crippen molar-refractivity contribution in [2.45, 2.75) is 51.5 Å². The number of likely N-dealkylation sites (tertiary alicyclic amines) is 2. The molecule has 0 spiro atoms. The number of piperidine rings is 2. The van der Waals surface area contributed by atoms with Gasteiger partial charge in [-0.15, -0.1) is 0 Å². The van der Waals surface area contributed by atoms with Crippen molar-refractivity contribution in [1.82, 2.24) is 9.80 Å². The number of anilines is 1. The summed E-state index contributed by atoms with van der Waals surface area (Å²) in [7, 11) is 0. The number of carbonyl (C=O) groups excluding carboxylic acids is 2. The summed E-state index contributed by atoms with van der Waals surface area (Å²) in [5.74, 6) is 0.456. The Morgan fingerprint density at radius 1 is 0.857 bits per heavy atom. The van der Waals surface area contributed by atoms with Gasteiger partial charge in [0, 0.05) is 24.8 Å². The molecule has 2 aliphatic heterocycles. The lowest BCUT2D eigenvalue weighted by molar-refractivity contribution is 0.0526. The highest BCUT2D eigenvalue weighted by molar-refractivity contribution is 5.92. The fraction of sp³-hybridized carbons (Fsp3) is 0.429. The first-order valence-electron chi connectivity index (χ1n) is 15.3. The Morgan fingerprint density at radius 2 is 1.55 bits per heavy atom. The van der Waals surface area contributed by atoms with Gasteiger partial charge in [0.1, 0.15) is 5.82 Å². The molecule has 7 heteroatoms. The van der Waals surface area contributed by atoms with Crippen molar-refractivity contribution in [3.8, 4) is 0 Å². The van der Waals surface area contributed by atoms with Crippen LogP contribution in [0, 0.1) is 17.7 Å². The summed E-state index contributed by atoms with van der Waals surface area (Å²) in [4.78, 5) is 30.3. The molecule has 0 aliphatic carbocycles. The normalized spacial score (nSPS) is 19.8. The van der Waals surface area contributed by atoms with Gasteiger partial charge in [0.15, 0.2) is 0 Å². The van der Waals surface area contributed by atoms with Gasteiger partial charge in [0.05, 0.1) is 12.2 Å². The highest BCUT2D eigenvalue weighted by Crippen LogP contribution is 2.30. The first kappa shape index (κ1) is 29.8. The average Bonchev–Trinajstić information content (AvgIpc) is 3.01. The predicted octanol–water partition coefficient (Wildman–Crippen LogP) is 6.81. The van der Waals surface area contributed by atoms with Gasteiger partial charge < -0.3 is 19.9 Å². The van der Waals surface area contributed by atoms with Crippen LogP contribution in [0.2, 0.25) is 0 Å². The number of carbonyl (C=O) groups is 2. The van der Waals surface area contributed by atoms with Gasteiger partial charge in [-0.3, -0.25) is 0 Å². The van der Waals surface area contributed by atoms with Crippen LogP contribution in [0.15, 0.2) is 78.9 Å². The third-order valence-electron chi connectivity index (χ3n) is 8.75. The Bertz CT molecular complexity index is 1290. The van der Waals surface area contributed by atoms with E-state index in [4.69, 9.17) is 4.74 Å². The topological polar surface area (TPSA) is 61.9 Å². The van der Waals surface area contributed by atoms with Crippen LogP contribution in [0.3, 0.4) is 0 Å². The molecular formula is C35H42FN3O3. The fourth-order valence-electron chi connectivity index (χ4n) is 6.49. The maximum absolute atomic E-state index is 13.7. The Kier molecular flexibility index (Phi) is 10.2. The van der Waals surface area contributed by atoms with E-state index in [1.54, 1.807) is 43.3 Å². The molecule has 2 heterocycles. The zero-order chi connectivity index (χ0) is 29.3. The summed E-state index contributed by atoms with van der Waals surface area (Å²) in [5.41, 5.74) is 3.58. The summed E-state index contributed by atoms with van der Waals surface area (Å²) in [6.45, 7) is 5.92. The Morgan fingerprint density at radius 3 is 2.24 bits per heavy atom. The van der Waals surface area contributed by atoms with Crippen LogP contribution in [-0.4, -0.2) is 60.6 Å². The summed E-state index contributed by atoms with van der Waals surface area (Å²) in [6, 6.07) is 24.3. The molecule has 222 valence electrons. The van der Waals surface area contributed by atoms with Crippen LogP contribution in [-0.2, 0) is 17.6 Å². The third-order valence-corrected chi connectivity index (χ3v) is 8.75. The van der Waals surface area contributed by atoms with Crippen molar-refractivity contribution in [2.75, 3.05) is 38.1 Å². The minimum absolute atomic E-state index is 0.0943. The lowest BCUT2D eigenvalue weighted by Crippen LogP contribution is -2.54. The molecule has 2 amide bonds. The highest BCUT2D eigenvalue weighted by atomic mass is 19.1. The SMILES string of the molecule is CCOC(=O)c1ccc(NC(=O)N2CCCC(CN3CCC(Cc4ccc(F)cc4)CC3)C2Cc2ccccc2)cc1. The molecule has 2 atom stereocenters. The molecule has 0 bridgehead atoms. The average molecular weight is 572 g/mol. The number of amides is 2. The van der Waals surface area contributed by atoms with Crippen LogP contribution in [0.5, 0.6) is 0 Å². The van der Waals surface area contributed by atoms with Crippen molar-refractivity contribution in [3.05, 3.63) is 101 Å². The molecule has 0 aromatic heterocycles. The smallest absolute Gasteiger partial charge is 0.338 e. The van der Waals surface area contributed by atoms with Gasteiger partial charge in [-0.2, -0.15) is 0 Å². The van der Waals surface area contributed by atoms with E-state index in [-0.39, 0.29) is 23.9 Å². The van der Waals surface area contributed by atoms with E-state index in [2.05, 4.69) is 34.5 Å². The molecular weight excluding hydrogens is 529 g/mol. The molecule has 2 unspecified atom stereocenters. The second-order valence-corrected chi connectivity index (χ2v) is 11.7. The van der Waals surface area contributed by atoms with Gasteiger partial charge >= 0.3 is 12.0 Å². The molecule has 6 nitrogen and oxygen atoms in total. The third kappa shape index (κ3) is 7.97. The second kappa shape index (κ2) is 14.5. The van der Waals surface area contributed by atoms with E-state index in [1.807, 2.05) is 23.1 Å². The molecule has 0 saturated carbocycles. The quantitative estimate of drug-likeness (QED) is 0.287. The lowest BCUT2D eigenvalue weighted by atomic mass is 9.83. The van der Waals surface area contributed by atoms with Crippen molar-refractivity contribution >= 4 is 17.7 Å². The minimum Gasteiger partial charge on any atom is -0.462 e. The number of urea groups is 1. The monoisotopic (exact) mass is 571 g/mol. The first-order chi connectivity index (χ1) is 20.5.